The van der Waals surface area contributed by atoms with Crippen molar-refractivity contribution in [3.05, 3.63) is 40.8 Å². The normalized spacial score (nSPS) is 13.2. The Morgan fingerprint density at radius 2 is 1.56 bits per heavy atom. The number of unbranched alkanes of at least 4 members (excludes halogenated alkanes) is 7. The lowest BCUT2D eigenvalue weighted by Crippen LogP contribution is -2.24. The van der Waals surface area contributed by atoms with Crippen molar-refractivity contribution in [2.45, 2.75) is 84.3 Å². The first kappa shape index (κ1) is 21.3. The number of esters is 1. The molecule has 0 aliphatic rings. The predicted octanol–water partition coefficient (Wildman–Crippen LogP) is 6.49. The number of ether oxygens (including phenoxy) is 1. The molecule has 0 fully saturated rings. The Hall–Kier alpha value is -1.71. The van der Waals surface area contributed by atoms with Crippen molar-refractivity contribution < 1.29 is 9.53 Å². The van der Waals surface area contributed by atoms with Crippen LogP contribution in [0.2, 0.25) is 0 Å². The minimum atomic E-state index is -0.887. The molecular weight excluding hydrogens is 314 g/mol. The first-order chi connectivity index (χ1) is 12.2. The molecule has 1 aromatic carbocycles. The van der Waals surface area contributed by atoms with Crippen molar-refractivity contribution in [1.29, 1.82) is 0 Å². The largest absolute Gasteiger partial charge is 0.432 e. The maximum atomic E-state index is 12.1. The fourth-order valence-corrected chi connectivity index (χ4v) is 3.04. The summed E-state index contributed by atoms with van der Waals surface area (Å²) in [5.41, 5.74) is 0.457. The van der Waals surface area contributed by atoms with Gasteiger partial charge in [0.1, 0.15) is 0 Å². The molecule has 0 N–H and O–H groups in total. The van der Waals surface area contributed by atoms with Gasteiger partial charge in [0.2, 0.25) is 6.23 Å². The van der Waals surface area contributed by atoms with Gasteiger partial charge in [-0.3, -0.25) is 0 Å². The molecule has 0 saturated carbocycles. The molecule has 0 radical (unpaired) electrons. The molecule has 0 aliphatic carbocycles. The van der Waals surface area contributed by atoms with Gasteiger partial charge in [-0.25, -0.2) is 4.79 Å². The first-order valence-corrected chi connectivity index (χ1v) is 9.81. The van der Waals surface area contributed by atoms with Crippen LogP contribution in [0.15, 0.2) is 35.5 Å². The lowest BCUT2D eigenvalue weighted by molar-refractivity contribution is 0.0138. The molecule has 140 valence electrons. The second-order valence-corrected chi connectivity index (χ2v) is 6.70. The van der Waals surface area contributed by atoms with E-state index in [0.717, 1.165) is 19.3 Å². The van der Waals surface area contributed by atoms with Crippen molar-refractivity contribution in [3.63, 3.8) is 0 Å². The third-order valence-electron chi connectivity index (χ3n) is 4.70. The second kappa shape index (κ2) is 13.6. The Morgan fingerprint density at radius 1 is 0.960 bits per heavy atom. The summed E-state index contributed by atoms with van der Waals surface area (Å²) in [4.78, 5) is 23.3. The van der Waals surface area contributed by atoms with Gasteiger partial charge in [0.25, 0.3) is 0 Å². The summed E-state index contributed by atoms with van der Waals surface area (Å²) < 4.78 is 5.34. The van der Waals surface area contributed by atoms with E-state index < -0.39 is 12.2 Å². The number of hydrogen-bond acceptors (Lipinski definition) is 4. The zero-order chi connectivity index (χ0) is 18.3. The summed E-state index contributed by atoms with van der Waals surface area (Å²) in [5, 5.41) is 3.08. The number of hydrogen-bond donors (Lipinski definition) is 0. The van der Waals surface area contributed by atoms with E-state index in [1.54, 1.807) is 24.3 Å². The summed E-state index contributed by atoms with van der Waals surface area (Å²) in [6.45, 7) is 4.25. The van der Waals surface area contributed by atoms with E-state index in [1.165, 1.54) is 44.9 Å². The van der Waals surface area contributed by atoms with E-state index in [-0.39, 0.29) is 5.92 Å². The summed E-state index contributed by atoms with van der Waals surface area (Å²) >= 11 is 0. The lowest BCUT2D eigenvalue weighted by Gasteiger charge is -2.20. The van der Waals surface area contributed by atoms with E-state index in [9.17, 15) is 9.70 Å². The predicted molar refractivity (Wildman–Crippen MR) is 102 cm³/mol. The fourth-order valence-electron chi connectivity index (χ4n) is 3.04. The zero-order valence-corrected chi connectivity index (χ0v) is 15.8. The van der Waals surface area contributed by atoms with Crippen molar-refractivity contribution in [3.8, 4) is 0 Å². The molecule has 0 aromatic heterocycles. The van der Waals surface area contributed by atoms with Gasteiger partial charge in [-0.15, -0.1) is 4.91 Å². The molecule has 2 atom stereocenters. The minimum Gasteiger partial charge on any atom is -0.432 e. The van der Waals surface area contributed by atoms with Crippen LogP contribution in [0.25, 0.3) is 0 Å². The number of nitroso groups, excluding NO2 is 1. The molecule has 0 amide bonds. The Bertz CT molecular complexity index is 475. The van der Waals surface area contributed by atoms with Crippen LogP contribution >= 0.6 is 0 Å². The molecule has 0 spiro atoms. The summed E-state index contributed by atoms with van der Waals surface area (Å²) in [6, 6.07) is 8.76. The van der Waals surface area contributed by atoms with Crippen LogP contribution in [-0.4, -0.2) is 12.2 Å². The van der Waals surface area contributed by atoms with E-state index in [4.69, 9.17) is 4.74 Å². The second-order valence-electron chi connectivity index (χ2n) is 6.70. The summed E-state index contributed by atoms with van der Waals surface area (Å²) in [5.74, 6) is -0.468. The molecule has 0 heterocycles. The third-order valence-corrected chi connectivity index (χ3v) is 4.70. The van der Waals surface area contributed by atoms with E-state index in [2.05, 4.69) is 12.1 Å². The van der Waals surface area contributed by atoms with Crippen molar-refractivity contribution in [2.75, 3.05) is 0 Å². The molecule has 4 heteroatoms. The highest BCUT2D eigenvalue weighted by Crippen LogP contribution is 2.22. The van der Waals surface area contributed by atoms with Gasteiger partial charge in [0.15, 0.2) is 0 Å². The quantitative estimate of drug-likeness (QED) is 0.219. The van der Waals surface area contributed by atoms with Gasteiger partial charge in [0.05, 0.1) is 5.56 Å². The molecule has 25 heavy (non-hydrogen) atoms. The molecule has 0 aliphatic heterocycles. The van der Waals surface area contributed by atoms with E-state index in [0.29, 0.717) is 5.56 Å². The topological polar surface area (TPSA) is 55.7 Å². The Labute approximate surface area is 152 Å². The van der Waals surface area contributed by atoms with Crippen LogP contribution in [0.5, 0.6) is 0 Å². The highest BCUT2D eigenvalue weighted by molar-refractivity contribution is 5.89. The monoisotopic (exact) mass is 347 g/mol. The lowest BCUT2D eigenvalue weighted by atomic mass is 9.96. The van der Waals surface area contributed by atoms with Gasteiger partial charge in [0, 0.05) is 5.92 Å². The Kier molecular flexibility index (Phi) is 11.6. The maximum absolute atomic E-state index is 12.1. The average Bonchev–Trinajstić information content (AvgIpc) is 2.66. The van der Waals surface area contributed by atoms with Crippen LogP contribution < -0.4 is 0 Å². The van der Waals surface area contributed by atoms with Crippen molar-refractivity contribution in [2.24, 2.45) is 11.1 Å². The Morgan fingerprint density at radius 3 is 2.12 bits per heavy atom. The third kappa shape index (κ3) is 8.80. The van der Waals surface area contributed by atoms with Crippen LogP contribution in [0.1, 0.15) is 88.4 Å². The Balaban J connectivity index is 2.32. The molecule has 0 bridgehead atoms. The number of carbonyl (C=O) groups is 1. The van der Waals surface area contributed by atoms with Crippen LogP contribution in [-0.2, 0) is 4.74 Å². The molecule has 1 aromatic rings. The molecule has 2 unspecified atom stereocenters. The van der Waals surface area contributed by atoms with Gasteiger partial charge in [-0.05, 0) is 30.2 Å². The summed E-state index contributed by atoms with van der Waals surface area (Å²) in [7, 11) is 0. The van der Waals surface area contributed by atoms with Crippen molar-refractivity contribution >= 4 is 5.97 Å². The minimum absolute atomic E-state index is 0.00486. The zero-order valence-electron chi connectivity index (χ0n) is 15.8. The standard InChI is InChI=1S/C21H33NO3/c1-3-5-6-7-8-9-10-12-15-18(4-2)20(22-24)25-21(23)19-16-13-11-14-17-19/h11,13-14,16-18,20H,3-10,12,15H2,1-2H3. The van der Waals surface area contributed by atoms with Gasteiger partial charge < -0.3 is 4.74 Å². The highest BCUT2D eigenvalue weighted by Gasteiger charge is 2.25. The maximum Gasteiger partial charge on any atom is 0.340 e. The smallest absolute Gasteiger partial charge is 0.340 e. The van der Waals surface area contributed by atoms with Gasteiger partial charge in [-0.2, -0.15) is 0 Å². The number of benzene rings is 1. The van der Waals surface area contributed by atoms with E-state index in [1.807, 2.05) is 13.0 Å². The van der Waals surface area contributed by atoms with E-state index >= 15 is 0 Å². The number of carbonyl (C=O) groups excluding carboxylic acids is 1. The van der Waals surface area contributed by atoms with Gasteiger partial charge in [-0.1, -0.05) is 83.4 Å². The molecule has 4 nitrogen and oxygen atoms in total. The number of rotatable bonds is 14. The highest BCUT2D eigenvalue weighted by atomic mass is 16.6. The molecule has 0 saturated heterocycles. The number of nitrogens with zero attached hydrogens (tertiary/aromatic N) is 1. The van der Waals surface area contributed by atoms with Gasteiger partial charge >= 0.3 is 5.97 Å². The first-order valence-electron chi connectivity index (χ1n) is 9.81. The SMILES string of the molecule is CCCCCCCCCCC(CC)C(N=O)OC(=O)c1ccccc1. The average molecular weight is 347 g/mol. The van der Waals surface area contributed by atoms with Crippen molar-refractivity contribution in [1.82, 2.24) is 0 Å². The summed E-state index contributed by atoms with van der Waals surface area (Å²) in [6.07, 6.45) is 10.8. The van der Waals surface area contributed by atoms with Crippen LogP contribution in [0.3, 0.4) is 0 Å². The molecular formula is C21H33NO3. The fraction of sp³-hybridized carbons (Fsp3) is 0.667. The van der Waals surface area contributed by atoms with Crippen LogP contribution in [0.4, 0.5) is 0 Å². The van der Waals surface area contributed by atoms with Crippen LogP contribution in [0, 0.1) is 10.8 Å². The molecule has 1 rings (SSSR count).